The van der Waals surface area contributed by atoms with Gasteiger partial charge in [0, 0.05) is 19.4 Å². The lowest BCUT2D eigenvalue weighted by molar-refractivity contribution is 0.0599. The summed E-state index contributed by atoms with van der Waals surface area (Å²) in [5.41, 5.74) is 2.29. The molecule has 3 aromatic rings. The van der Waals surface area contributed by atoms with E-state index in [0.29, 0.717) is 23.4 Å². The van der Waals surface area contributed by atoms with Crippen LogP contribution in [0.2, 0.25) is 0 Å². The Kier molecular flexibility index (Phi) is 4.60. The van der Waals surface area contributed by atoms with Gasteiger partial charge in [0.05, 0.1) is 42.9 Å². The molecular formula is C17H17N5O3. The van der Waals surface area contributed by atoms with Gasteiger partial charge in [-0.2, -0.15) is 10.2 Å². The number of carbonyl (C=O) groups excluding carboxylic acids is 2. The number of hydrogen-bond donors (Lipinski definition) is 1. The van der Waals surface area contributed by atoms with Crippen molar-refractivity contribution in [3.05, 3.63) is 65.7 Å². The van der Waals surface area contributed by atoms with Gasteiger partial charge in [0.1, 0.15) is 0 Å². The molecule has 0 fully saturated rings. The van der Waals surface area contributed by atoms with Crippen LogP contribution in [0.1, 0.15) is 26.3 Å². The number of nitrogens with zero attached hydrogens (tertiary/aromatic N) is 4. The number of carbonyl (C=O) groups is 2. The molecule has 8 heteroatoms. The van der Waals surface area contributed by atoms with Crippen molar-refractivity contribution >= 4 is 17.6 Å². The van der Waals surface area contributed by atoms with Crippen molar-refractivity contribution in [3.8, 4) is 0 Å². The Labute approximate surface area is 144 Å². The van der Waals surface area contributed by atoms with Gasteiger partial charge in [-0.1, -0.05) is 18.2 Å². The summed E-state index contributed by atoms with van der Waals surface area (Å²) in [5.74, 6) is -0.657. The average Bonchev–Trinajstić information content (AvgIpc) is 3.23. The van der Waals surface area contributed by atoms with Crippen molar-refractivity contribution in [2.45, 2.75) is 6.54 Å². The average molecular weight is 339 g/mol. The number of anilines is 1. The van der Waals surface area contributed by atoms with E-state index >= 15 is 0 Å². The van der Waals surface area contributed by atoms with Crippen LogP contribution in [-0.4, -0.2) is 38.5 Å². The van der Waals surface area contributed by atoms with E-state index in [2.05, 4.69) is 15.5 Å². The lowest BCUT2D eigenvalue weighted by atomic mass is 10.1. The number of benzene rings is 1. The van der Waals surface area contributed by atoms with Gasteiger partial charge in [-0.3, -0.25) is 14.2 Å². The molecule has 2 aromatic heterocycles. The van der Waals surface area contributed by atoms with Crippen LogP contribution in [-0.2, 0) is 18.3 Å². The Morgan fingerprint density at radius 2 is 1.96 bits per heavy atom. The van der Waals surface area contributed by atoms with Gasteiger partial charge in [0.15, 0.2) is 0 Å². The summed E-state index contributed by atoms with van der Waals surface area (Å²) in [5, 5.41) is 10.9. The zero-order valence-electron chi connectivity index (χ0n) is 13.8. The quantitative estimate of drug-likeness (QED) is 0.715. The largest absolute Gasteiger partial charge is 0.465 e. The van der Waals surface area contributed by atoms with Crippen molar-refractivity contribution in [2.24, 2.45) is 7.05 Å². The van der Waals surface area contributed by atoms with Crippen molar-refractivity contribution in [3.63, 3.8) is 0 Å². The number of esters is 1. The molecule has 0 saturated heterocycles. The first-order valence-corrected chi connectivity index (χ1v) is 7.55. The van der Waals surface area contributed by atoms with Crippen molar-refractivity contribution in [2.75, 3.05) is 12.4 Å². The second-order valence-electron chi connectivity index (χ2n) is 5.43. The lowest BCUT2D eigenvalue weighted by Gasteiger charge is -2.07. The van der Waals surface area contributed by atoms with E-state index in [0.717, 1.165) is 5.56 Å². The van der Waals surface area contributed by atoms with Crippen LogP contribution in [0.25, 0.3) is 0 Å². The van der Waals surface area contributed by atoms with Gasteiger partial charge < -0.3 is 10.1 Å². The summed E-state index contributed by atoms with van der Waals surface area (Å²) in [6.45, 7) is 0.383. The van der Waals surface area contributed by atoms with E-state index in [-0.39, 0.29) is 5.91 Å². The minimum Gasteiger partial charge on any atom is -0.465 e. The number of aromatic nitrogens is 4. The molecular weight excluding hydrogens is 322 g/mol. The van der Waals surface area contributed by atoms with E-state index in [4.69, 9.17) is 4.74 Å². The minimum atomic E-state index is -0.396. The normalized spacial score (nSPS) is 10.5. The highest BCUT2D eigenvalue weighted by Crippen LogP contribution is 2.14. The van der Waals surface area contributed by atoms with Gasteiger partial charge in [0.25, 0.3) is 5.91 Å². The van der Waals surface area contributed by atoms with Gasteiger partial charge in [-0.25, -0.2) is 4.79 Å². The first kappa shape index (κ1) is 16.4. The number of hydrogen-bond acceptors (Lipinski definition) is 5. The molecule has 128 valence electrons. The summed E-state index contributed by atoms with van der Waals surface area (Å²) >= 11 is 0. The van der Waals surface area contributed by atoms with Crippen LogP contribution >= 0.6 is 0 Å². The highest BCUT2D eigenvalue weighted by atomic mass is 16.5. The summed E-state index contributed by atoms with van der Waals surface area (Å²) in [6, 6.07) is 7.16. The second kappa shape index (κ2) is 7.00. The molecule has 0 saturated carbocycles. The van der Waals surface area contributed by atoms with Gasteiger partial charge in [0.2, 0.25) is 0 Å². The molecule has 0 unspecified atom stereocenters. The Morgan fingerprint density at radius 1 is 1.16 bits per heavy atom. The fraction of sp³-hybridized carbons (Fsp3) is 0.176. The van der Waals surface area contributed by atoms with Gasteiger partial charge in [-0.05, 0) is 11.6 Å². The lowest BCUT2D eigenvalue weighted by Crippen LogP contribution is -2.11. The molecule has 0 radical (unpaired) electrons. The van der Waals surface area contributed by atoms with Crippen LogP contribution in [0.15, 0.2) is 49.1 Å². The molecule has 0 aliphatic heterocycles. The predicted octanol–water partition coefficient (Wildman–Crippen LogP) is 1.70. The topological polar surface area (TPSA) is 91.0 Å². The van der Waals surface area contributed by atoms with Crippen LogP contribution in [0, 0.1) is 0 Å². The zero-order valence-corrected chi connectivity index (χ0v) is 13.8. The SMILES string of the molecule is COC(=O)c1ccccc1Cn1cc(NC(=O)c2cnn(C)c2)cn1. The molecule has 1 amide bonds. The van der Waals surface area contributed by atoms with E-state index in [9.17, 15) is 9.59 Å². The first-order valence-electron chi connectivity index (χ1n) is 7.55. The Hall–Kier alpha value is -3.42. The third-order valence-corrected chi connectivity index (χ3v) is 3.61. The number of rotatable bonds is 5. The number of amides is 1. The first-order chi connectivity index (χ1) is 12.1. The summed E-state index contributed by atoms with van der Waals surface area (Å²) in [4.78, 5) is 23.9. The molecule has 0 aliphatic carbocycles. The molecule has 3 rings (SSSR count). The molecule has 0 bridgehead atoms. The number of methoxy groups -OCH3 is 1. The van der Waals surface area contributed by atoms with Crippen molar-refractivity contribution in [1.82, 2.24) is 19.6 Å². The monoisotopic (exact) mass is 339 g/mol. The van der Waals surface area contributed by atoms with Crippen molar-refractivity contribution < 1.29 is 14.3 Å². The summed E-state index contributed by atoms with van der Waals surface area (Å²) in [6.07, 6.45) is 6.37. The molecule has 1 aromatic carbocycles. The molecule has 0 atom stereocenters. The number of aryl methyl sites for hydroxylation is 1. The summed E-state index contributed by atoms with van der Waals surface area (Å²) < 4.78 is 7.99. The van der Waals surface area contributed by atoms with Gasteiger partial charge in [-0.15, -0.1) is 0 Å². The molecule has 25 heavy (non-hydrogen) atoms. The minimum absolute atomic E-state index is 0.261. The highest BCUT2D eigenvalue weighted by molar-refractivity contribution is 6.03. The molecule has 0 spiro atoms. The smallest absolute Gasteiger partial charge is 0.338 e. The highest BCUT2D eigenvalue weighted by Gasteiger charge is 2.13. The standard InChI is InChI=1S/C17H17N5O3/c1-21-9-13(7-18-21)16(23)20-14-8-19-22(11-14)10-12-5-3-4-6-15(12)17(24)25-2/h3-9,11H,10H2,1-2H3,(H,20,23). The third-order valence-electron chi connectivity index (χ3n) is 3.61. The second-order valence-corrected chi connectivity index (χ2v) is 5.43. The van der Waals surface area contributed by atoms with Crippen LogP contribution < -0.4 is 5.32 Å². The number of ether oxygens (including phenoxy) is 1. The Bertz CT molecular complexity index is 912. The number of nitrogens with one attached hydrogen (secondary N) is 1. The molecule has 8 nitrogen and oxygen atoms in total. The summed E-state index contributed by atoms with van der Waals surface area (Å²) in [7, 11) is 3.09. The van der Waals surface area contributed by atoms with E-state index in [1.54, 1.807) is 47.1 Å². The third kappa shape index (κ3) is 3.74. The van der Waals surface area contributed by atoms with Crippen molar-refractivity contribution in [1.29, 1.82) is 0 Å². The maximum absolute atomic E-state index is 12.1. The molecule has 2 heterocycles. The molecule has 1 N–H and O–H groups in total. The maximum atomic E-state index is 12.1. The van der Waals surface area contributed by atoms with Crippen LogP contribution in [0.4, 0.5) is 5.69 Å². The maximum Gasteiger partial charge on any atom is 0.338 e. The van der Waals surface area contributed by atoms with E-state index in [1.807, 2.05) is 12.1 Å². The van der Waals surface area contributed by atoms with Crippen LogP contribution in [0.5, 0.6) is 0 Å². The van der Waals surface area contributed by atoms with Gasteiger partial charge >= 0.3 is 5.97 Å². The Morgan fingerprint density at radius 3 is 2.68 bits per heavy atom. The van der Waals surface area contributed by atoms with Crippen LogP contribution in [0.3, 0.4) is 0 Å². The fourth-order valence-electron chi connectivity index (χ4n) is 2.40. The fourth-order valence-corrected chi connectivity index (χ4v) is 2.40. The van der Waals surface area contributed by atoms with E-state index < -0.39 is 5.97 Å². The molecule has 0 aliphatic rings. The predicted molar refractivity (Wildman–Crippen MR) is 90.3 cm³/mol. The van der Waals surface area contributed by atoms with E-state index in [1.165, 1.54) is 13.3 Å². The Balaban J connectivity index is 1.72. The zero-order chi connectivity index (χ0) is 17.8.